The SMILES string of the molecule is CC1CC(C2CCC(C(F)(F)F)CC2)N(C2NCNC(NCC3CCC(C)NC3)C2F)C1. The highest BCUT2D eigenvalue weighted by Gasteiger charge is 2.48. The van der Waals surface area contributed by atoms with E-state index in [-0.39, 0.29) is 24.8 Å². The van der Waals surface area contributed by atoms with Crippen molar-refractivity contribution in [3.05, 3.63) is 0 Å². The number of rotatable bonds is 5. The first-order chi connectivity index (χ1) is 15.2. The van der Waals surface area contributed by atoms with Gasteiger partial charge in [-0.3, -0.25) is 20.9 Å². The largest absolute Gasteiger partial charge is 0.391 e. The van der Waals surface area contributed by atoms with E-state index < -0.39 is 30.6 Å². The molecule has 9 heteroatoms. The molecule has 0 bridgehead atoms. The van der Waals surface area contributed by atoms with E-state index in [9.17, 15) is 13.2 Å². The van der Waals surface area contributed by atoms with Crippen molar-refractivity contribution < 1.29 is 17.6 Å². The Hall–Kier alpha value is -0.480. The summed E-state index contributed by atoms with van der Waals surface area (Å²) in [5.41, 5.74) is 0. The number of hydrogen-bond acceptors (Lipinski definition) is 5. The topological polar surface area (TPSA) is 51.4 Å². The van der Waals surface area contributed by atoms with Crippen molar-refractivity contribution in [3.63, 3.8) is 0 Å². The van der Waals surface area contributed by atoms with Crippen molar-refractivity contribution in [2.24, 2.45) is 23.7 Å². The van der Waals surface area contributed by atoms with Gasteiger partial charge in [-0.1, -0.05) is 6.92 Å². The van der Waals surface area contributed by atoms with E-state index in [4.69, 9.17) is 0 Å². The molecule has 0 aromatic heterocycles. The Morgan fingerprint density at radius 1 is 0.969 bits per heavy atom. The zero-order chi connectivity index (χ0) is 22.9. The van der Waals surface area contributed by atoms with Gasteiger partial charge >= 0.3 is 6.18 Å². The third-order valence-corrected chi connectivity index (χ3v) is 8.37. The first kappa shape index (κ1) is 24.6. The van der Waals surface area contributed by atoms with Crippen molar-refractivity contribution in [3.8, 4) is 0 Å². The molecule has 3 aliphatic heterocycles. The summed E-state index contributed by atoms with van der Waals surface area (Å²) in [6, 6.07) is 0.722. The molecule has 0 aromatic rings. The lowest BCUT2D eigenvalue weighted by molar-refractivity contribution is -0.185. The zero-order valence-electron chi connectivity index (χ0n) is 19.4. The predicted molar refractivity (Wildman–Crippen MR) is 118 cm³/mol. The zero-order valence-corrected chi connectivity index (χ0v) is 19.4. The van der Waals surface area contributed by atoms with Gasteiger partial charge in [0.15, 0.2) is 6.17 Å². The van der Waals surface area contributed by atoms with Gasteiger partial charge in [-0.15, -0.1) is 0 Å². The van der Waals surface area contributed by atoms with Crippen LogP contribution in [-0.2, 0) is 0 Å². The molecule has 1 aliphatic carbocycles. The third-order valence-electron chi connectivity index (χ3n) is 8.37. The molecule has 4 fully saturated rings. The highest BCUT2D eigenvalue weighted by Crippen LogP contribution is 2.44. The van der Waals surface area contributed by atoms with Gasteiger partial charge in [-0.25, -0.2) is 4.39 Å². The molecule has 5 nitrogen and oxygen atoms in total. The molecular formula is C23H41F4N5. The minimum absolute atomic E-state index is 0.165. The molecule has 3 saturated heterocycles. The fourth-order valence-electron chi connectivity index (χ4n) is 6.42. The summed E-state index contributed by atoms with van der Waals surface area (Å²) in [6.45, 7) is 7.45. The minimum atomic E-state index is -4.08. The Morgan fingerprint density at radius 2 is 1.72 bits per heavy atom. The number of alkyl halides is 4. The van der Waals surface area contributed by atoms with E-state index in [1.54, 1.807) is 0 Å². The number of hydrogen-bond donors (Lipinski definition) is 4. The number of piperidine rings is 1. The van der Waals surface area contributed by atoms with Crippen LogP contribution < -0.4 is 21.3 Å². The fraction of sp³-hybridized carbons (Fsp3) is 1.00. The van der Waals surface area contributed by atoms with Gasteiger partial charge in [0.25, 0.3) is 0 Å². The summed E-state index contributed by atoms with van der Waals surface area (Å²) in [5, 5.41) is 13.5. The molecule has 4 rings (SSSR count). The summed E-state index contributed by atoms with van der Waals surface area (Å²) in [7, 11) is 0. The summed E-state index contributed by atoms with van der Waals surface area (Å²) < 4.78 is 55.0. The standard InChI is InChI=1S/C23H41F4N5/c1-14-9-19(17-5-7-18(8-6-17)23(25,26)27)32(12-14)22-20(24)21(30-13-31-22)29-11-16-4-3-15(2)28-10-16/h14-22,28-31H,3-13H2,1-2H3. The Morgan fingerprint density at radius 3 is 2.38 bits per heavy atom. The molecule has 4 N–H and O–H groups in total. The molecule has 3 heterocycles. The Balaban J connectivity index is 1.33. The lowest BCUT2D eigenvalue weighted by Crippen LogP contribution is -2.69. The van der Waals surface area contributed by atoms with Gasteiger partial charge in [0, 0.05) is 31.8 Å². The van der Waals surface area contributed by atoms with Crippen LogP contribution in [0.2, 0.25) is 0 Å². The van der Waals surface area contributed by atoms with Crippen molar-refractivity contribution in [1.82, 2.24) is 26.2 Å². The highest BCUT2D eigenvalue weighted by molar-refractivity contribution is 4.98. The summed E-state index contributed by atoms with van der Waals surface area (Å²) in [6.07, 6.45) is -1.14. The van der Waals surface area contributed by atoms with Crippen LogP contribution in [0.25, 0.3) is 0 Å². The summed E-state index contributed by atoms with van der Waals surface area (Å²) in [4.78, 5) is 2.24. The first-order valence-corrected chi connectivity index (χ1v) is 12.6. The van der Waals surface area contributed by atoms with Crippen LogP contribution in [0.3, 0.4) is 0 Å². The van der Waals surface area contributed by atoms with Gasteiger partial charge in [-0.05, 0) is 76.2 Å². The first-order valence-electron chi connectivity index (χ1n) is 12.6. The lowest BCUT2D eigenvalue weighted by Gasteiger charge is -2.45. The van der Waals surface area contributed by atoms with E-state index in [1.807, 2.05) is 0 Å². The van der Waals surface area contributed by atoms with E-state index >= 15 is 4.39 Å². The summed E-state index contributed by atoms with van der Waals surface area (Å²) >= 11 is 0. The van der Waals surface area contributed by atoms with E-state index in [0.29, 0.717) is 37.4 Å². The normalized spacial score (nSPS) is 44.6. The smallest absolute Gasteiger partial charge is 0.314 e. The molecule has 0 radical (unpaired) electrons. The molecular weight excluding hydrogens is 422 g/mol. The van der Waals surface area contributed by atoms with E-state index in [2.05, 4.69) is 40.0 Å². The number of halogens is 4. The molecule has 0 amide bonds. The van der Waals surface area contributed by atoms with Crippen LogP contribution in [0.4, 0.5) is 17.6 Å². The number of nitrogens with one attached hydrogen (secondary N) is 4. The van der Waals surface area contributed by atoms with Crippen LogP contribution in [0.1, 0.15) is 58.8 Å². The Labute approximate surface area is 189 Å². The van der Waals surface area contributed by atoms with Crippen molar-refractivity contribution >= 4 is 0 Å². The van der Waals surface area contributed by atoms with E-state index in [1.165, 1.54) is 0 Å². The molecule has 4 aliphatic rings. The third kappa shape index (κ3) is 5.77. The number of likely N-dealkylation sites (tertiary alicyclic amines) is 1. The van der Waals surface area contributed by atoms with Crippen molar-refractivity contribution in [2.45, 2.75) is 95.6 Å². The Bertz CT molecular complexity index is 589. The van der Waals surface area contributed by atoms with Gasteiger partial charge in [0.1, 0.15) is 0 Å². The molecule has 7 unspecified atom stereocenters. The quantitative estimate of drug-likeness (QED) is 0.472. The fourth-order valence-corrected chi connectivity index (χ4v) is 6.42. The Kier molecular flexibility index (Phi) is 8.02. The predicted octanol–water partition coefficient (Wildman–Crippen LogP) is 3.18. The number of nitrogens with zero attached hydrogens (tertiary/aromatic N) is 1. The van der Waals surface area contributed by atoms with Gasteiger partial charge in [0.2, 0.25) is 0 Å². The second kappa shape index (κ2) is 10.4. The highest BCUT2D eigenvalue weighted by atomic mass is 19.4. The monoisotopic (exact) mass is 463 g/mol. The second-order valence-corrected chi connectivity index (χ2v) is 10.9. The molecule has 7 atom stereocenters. The maximum atomic E-state index is 15.7. The van der Waals surface area contributed by atoms with Gasteiger partial charge in [0.05, 0.1) is 18.2 Å². The van der Waals surface area contributed by atoms with Crippen molar-refractivity contribution in [2.75, 3.05) is 26.3 Å². The maximum Gasteiger partial charge on any atom is 0.391 e. The summed E-state index contributed by atoms with van der Waals surface area (Å²) in [5.74, 6) is 0.00907. The van der Waals surface area contributed by atoms with E-state index in [0.717, 1.165) is 38.9 Å². The minimum Gasteiger partial charge on any atom is -0.314 e. The van der Waals surface area contributed by atoms with Crippen LogP contribution >= 0.6 is 0 Å². The van der Waals surface area contributed by atoms with Crippen LogP contribution in [0.5, 0.6) is 0 Å². The average Bonchev–Trinajstić information content (AvgIpc) is 3.15. The average molecular weight is 464 g/mol. The second-order valence-electron chi connectivity index (χ2n) is 10.9. The lowest BCUT2D eigenvalue weighted by atomic mass is 9.77. The molecule has 1 saturated carbocycles. The van der Waals surface area contributed by atoms with Gasteiger partial charge < -0.3 is 5.32 Å². The molecule has 0 aromatic carbocycles. The van der Waals surface area contributed by atoms with Crippen LogP contribution in [0, 0.1) is 23.7 Å². The van der Waals surface area contributed by atoms with Crippen molar-refractivity contribution in [1.29, 1.82) is 0 Å². The van der Waals surface area contributed by atoms with Gasteiger partial charge in [-0.2, -0.15) is 13.2 Å². The maximum absolute atomic E-state index is 15.7. The molecule has 186 valence electrons. The van der Waals surface area contributed by atoms with Crippen LogP contribution in [-0.4, -0.2) is 68.0 Å². The molecule has 0 spiro atoms. The van der Waals surface area contributed by atoms with Crippen LogP contribution in [0.15, 0.2) is 0 Å². The molecule has 32 heavy (non-hydrogen) atoms.